The molecule has 3 aromatic rings. The molecule has 0 bridgehead atoms. The summed E-state index contributed by atoms with van der Waals surface area (Å²) in [6.07, 6.45) is 3.29. The minimum absolute atomic E-state index is 0.0105. The highest BCUT2D eigenvalue weighted by Crippen LogP contribution is 2.22. The van der Waals surface area contributed by atoms with Crippen molar-refractivity contribution in [2.45, 2.75) is 25.9 Å². The Morgan fingerprint density at radius 2 is 1.60 bits per heavy atom. The fourth-order valence-corrected chi connectivity index (χ4v) is 3.80. The molecule has 1 fully saturated rings. The van der Waals surface area contributed by atoms with Crippen LogP contribution in [0.4, 0.5) is 5.69 Å². The summed E-state index contributed by atoms with van der Waals surface area (Å²) in [7, 11) is 0. The topological polar surface area (TPSA) is 67.2 Å². The van der Waals surface area contributed by atoms with Gasteiger partial charge in [-0.15, -0.1) is 0 Å². The second-order valence-corrected chi connectivity index (χ2v) is 7.66. The molecule has 0 radical (unpaired) electrons. The Morgan fingerprint density at radius 1 is 0.967 bits per heavy atom. The zero-order valence-corrected chi connectivity index (χ0v) is 16.9. The minimum atomic E-state index is -0.112. The van der Waals surface area contributed by atoms with E-state index in [1.807, 2.05) is 60.7 Å². The standard InChI is InChI=1S/C24H26N4O2/c29-23-15-22(17-26-28(23)18-20-9-5-2-6-10-20)27-13-11-21(12-14-27)24(30)25-16-19-7-3-1-4-8-19/h1-10,15,17,21H,11-14,16,18H2,(H,25,30). The van der Waals surface area contributed by atoms with E-state index in [0.29, 0.717) is 13.1 Å². The lowest BCUT2D eigenvalue weighted by Gasteiger charge is -2.32. The highest BCUT2D eigenvalue weighted by molar-refractivity contribution is 5.79. The van der Waals surface area contributed by atoms with E-state index in [4.69, 9.17) is 0 Å². The molecule has 1 aliphatic rings. The van der Waals surface area contributed by atoms with E-state index in [2.05, 4.69) is 15.3 Å². The molecule has 6 heteroatoms. The molecule has 30 heavy (non-hydrogen) atoms. The van der Waals surface area contributed by atoms with Gasteiger partial charge < -0.3 is 10.2 Å². The highest BCUT2D eigenvalue weighted by Gasteiger charge is 2.25. The van der Waals surface area contributed by atoms with Crippen molar-refractivity contribution in [3.8, 4) is 0 Å². The smallest absolute Gasteiger partial charge is 0.269 e. The molecule has 6 nitrogen and oxygen atoms in total. The van der Waals surface area contributed by atoms with E-state index >= 15 is 0 Å². The van der Waals surface area contributed by atoms with Crippen LogP contribution < -0.4 is 15.8 Å². The summed E-state index contributed by atoms with van der Waals surface area (Å²) in [4.78, 5) is 27.1. The largest absolute Gasteiger partial charge is 0.370 e. The highest BCUT2D eigenvalue weighted by atomic mass is 16.2. The molecule has 0 aliphatic carbocycles. The summed E-state index contributed by atoms with van der Waals surface area (Å²) in [5.74, 6) is 0.117. The van der Waals surface area contributed by atoms with Gasteiger partial charge in [0, 0.05) is 31.6 Å². The summed E-state index contributed by atoms with van der Waals surface area (Å²) < 4.78 is 1.47. The van der Waals surface area contributed by atoms with Gasteiger partial charge >= 0.3 is 0 Å². The lowest BCUT2D eigenvalue weighted by molar-refractivity contribution is -0.125. The molecule has 1 aliphatic heterocycles. The maximum absolute atomic E-state index is 12.5. The summed E-state index contributed by atoms with van der Waals surface area (Å²) in [6, 6.07) is 21.4. The Balaban J connectivity index is 1.31. The second-order valence-electron chi connectivity index (χ2n) is 7.66. The van der Waals surface area contributed by atoms with Gasteiger partial charge in [0.15, 0.2) is 0 Å². The lowest BCUT2D eigenvalue weighted by Crippen LogP contribution is -2.41. The van der Waals surface area contributed by atoms with Crippen LogP contribution in [0.2, 0.25) is 0 Å². The molecule has 1 amide bonds. The molecule has 154 valence electrons. The Hall–Kier alpha value is -3.41. The zero-order chi connectivity index (χ0) is 20.8. The van der Waals surface area contributed by atoms with Crippen molar-refractivity contribution in [2.24, 2.45) is 5.92 Å². The van der Waals surface area contributed by atoms with Crippen molar-refractivity contribution in [2.75, 3.05) is 18.0 Å². The third-order valence-corrected chi connectivity index (χ3v) is 5.57. The molecule has 1 saturated heterocycles. The Morgan fingerprint density at radius 3 is 2.23 bits per heavy atom. The molecule has 1 aromatic heterocycles. The van der Waals surface area contributed by atoms with Gasteiger partial charge in [0.1, 0.15) is 0 Å². The van der Waals surface area contributed by atoms with Crippen molar-refractivity contribution in [3.63, 3.8) is 0 Å². The normalized spacial score (nSPS) is 14.5. The average molecular weight is 402 g/mol. The Bertz CT molecular complexity index is 1030. The molecule has 0 atom stereocenters. The summed E-state index contributed by atoms with van der Waals surface area (Å²) in [5, 5.41) is 7.39. The molecule has 1 N–H and O–H groups in total. The molecule has 2 aromatic carbocycles. The first kappa shape index (κ1) is 19.9. The van der Waals surface area contributed by atoms with Crippen LogP contribution in [-0.2, 0) is 17.9 Å². The number of hydrogen-bond donors (Lipinski definition) is 1. The first-order valence-corrected chi connectivity index (χ1v) is 10.4. The van der Waals surface area contributed by atoms with E-state index in [1.54, 1.807) is 12.3 Å². The van der Waals surface area contributed by atoms with Crippen LogP contribution in [0.15, 0.2) is 77.7 Å². The van der Waals surface area contributed by atoms with Gasteiger partial charge in [-0.05, 0) is 24.0 Å². The summed E-state index contributed by atoms with van der Waals surface area (Å²) >= 11 is 0. The van der Waals surface area contributed by atoms with Gasteiger partial charge in [0.25, 0.3) is 5.56 Å². The number of carbonyl (C=O) groups is 1. The number of piperidine rings is 1. The third kappa shape index (κ3) is 4.95. The van der Waals surface area contributed by atoms with Crippen molar-refractivity contribution in [1.29, 1.82) is 0 Å². The van der Waals surface area contributed by atoms with Gasteiger partial charge in [-0.3, -0.25) is 9.59 Å². The zero-order valence-electron chi connectivity index (χ0n) is 16.9. The van der Waals surface area contributed by atoms with E-state index in [-0.39, 0.29) is 17.4 Å². The molecule has 2 heterocycles. The third-order valence-electron chi connectivity index (χ3n) is 5.57. The van der Waals surface area contributed by atoms with E-state index in [1.165, 1.54) is 4.68 Å². The van der Waals surface area contributed by atoms with Crippen LogP contribution in [-0.4, -0.2) is 28.8 Å². The van der Waals surface area contributed by atoms with Crippen molar-refractivity contribution in [1.82, 2.24) is 15.1 Å². The minimum Gasteiger partial charge on any atom is -0.370 e. The van der Waals surface area contributed by atoms with Crippen molar-refractivity contribution in [3.05, 3.63) is 94.4 Å². The Kier molecular flexibility index (Phi) is 6.23. The van der Waals surface area contributed by atoms with Gasteiger partial charge in [0.2, 0.25) is 5.91 Å². The lowest BCUT2D eigenvalue weighted by atomic mass is 9.95. The summed E-state index contributed by atoms with van der Waals surface area (Å²) in [6.45, 7) is 2.51. The number of carbonyl (C=O) groups excluding carboxylic acids is 1. The van der Waals surface area contributed by atoms with Gasteiger partial charge in [-0.25, -0.2) is 4.68 Å². The fourth-order valence-electron chi connectivity index (χ4n) is 3.80. The molecular formula is C24H26N4O2. The number of aromatic nitrogens is 2. The van der Waals surface area contributed by atoms with Gasteiger partial charge in [-0.1, -0.05) is 60.7 Å². The number of hydrogen-bond acceptors (Lipinski definition) is 4. The SMILES string of the molecule is O=C(NCc1ccccc1)C1CCN(c2cnn(Cc3ccccc3)c(=O)c2)CC1. The van der Waals surface area contributed by atoms with Crippen LogP contribution in [0.25, 0.3) is 0 Å². The predicted molar refractivity (Wildman–Crippen MR) is 117 cm³/mol. The molecule has 4 rings (SSSR count). The van der Waals surface area contributed by atoms with E-state index in [0.717, 1.165) is 42.7 Å². The van der Waals surface area contributed by atoms with Crippen LogP contribution in [0.5, 0.6) is 0 Å². The number of nitrogens with zero attached hydrogens (tertiary/aromatic N) is 3. The number of anilines is 1. The second kappa shape index (κ2) is 9.39. The van der Waals surface area contributed by atoms with Crippen LogP contribution in [0.1, 0.15) is 24.0 Å². The van der Waals surface area contributed by atoms with E-state index in [9.17, 15) is 9.59 Å². The maximum Gasteiger partial charge on any atom is 0.269 e. The van der Waals surface area contributed by atoms with E-state index < -0.39 is 0 Å². The quantitative estimate of drug-likeness (QED) is 0.689. The van der Waals surface area contributed by atoms with Crippen LogP contribution in [0, 0.1) is 5.92 Å². The molecular weight excluding hydrogens is 376 g/mol. The van der Waals surface area contributed by atoms with Crippen LogP contribution >= 0.6 is 0 Å². The fraction of sp³-hybridized carbons (Fsp3) is 0.292. The average Bonchev–Trinajstić information content (AvgIpc) is 2.80. The number of amides is 1. The first-order valence-electron chi connectivity index (χ1n) is 10.4. The molecule has 0 spiro atoms. The molecule has 0 unspecified atom stereocenters. The van der Waals surface area contributed by atoms with Crippen molar-refractivity contribution >= 4 is 11.6 Å². The molecule has 0 saturated carbocycles. The van der Waals surface area contributed by atoms with Gasteiger partial charge in [0.05, 0.1) is 18.4 Å². The monoisotopic (exact) mass is 402 g/mol. The maximum atomic E-state index is 12.5. The number of benzene rings is 2. The van der Waals surface area contributed by atoms with Crippen molar-refractivity contribution < 1.29 is 4.79 Å². The first-order chi connectivity index (χ1) is 14.7. The summed E-state index contributed by atoms with van der Waals surface area (Å²) in [5.41, 5.74) is 2.86. The number of nitrogens with one attached hydrogen (secondary N) is 1. The Labute approximate surface area is 176 Å². The van der Waals surface area contributed by atoms with Crippen LogP contribution in [0.3, 0.4) is 0 Å². The number of rotatable bonds is 6. The van der Waals surface area contributed by atoms with Gasteiger partial charge in [-0.2, -0.15) is 5.10 Å². The predicted octanol–water partition coefficient (Wildman–Crippen LogP) is 2.82.